The van der Waals surface area contributed by atoms with E-state index in [1.54, 1.807) is 4.90 Å². The zero-order chi connectivity index (χ0) is 15.6. The molecule has 0 bridgehead atoms. The van der Waals surface area contributed by atoms with Crippen LogP contribution in [0.25, 0.3) is 10.9 Å². The van der Waals surface area contributed by atoms with E-state index in [1.165, 1.54) is 0 Å². The molecule has 2 heterocycles. The zero-order valence-corrected chi connectivity index (χ0v) is 13.2. The van der Waals surface area contributed by atoms with Crippen LogP contribution in [0.2, 0.25) is 0 Å². The minimum Gasteiger partial charge on any atom is -0.352 e. The molecule has 22 heavy (non-hydrogen) atoms. The molecule has 0 fully saturated rings. The molecule has 1 aromatic carbocycles. The number of aryl methyl sites for hydroxylation is 1. The molecule has 0 unspecified atom stereocenters. The maximum absolute atomic E-state index is 12.4. The van der Waals surface area contributed by atoms with Gasteiger partial charge in [-0.2, -0.15) is 0 Å². The predicted octanol–water partition coefficient (Wildman–Crippen LogP) is 3.33. The summed E-state index contributed by atoms with van der Waals surface area (Å²) in [5, 5.41) is 1.10. The van der Waals surface area contributed by atoms with Crippen LogP contribution in [0.5, 0.6) is 0 Å². The molecular formula is C18H20N2O2. The van der Waals surface area contributed by atoms with Crippen molar-refractivity contribution in [1.82, 2.24) is 4.98 Å². The van der Waals surface area contributed by atoms with E-state index >= 15 is 0 Å². The Morgan fingerprint density at radius 1 is 1.14 bits per heavy atom. The number of Topliss-reactive ketones (excluding diaryl/α,β-unsaturated/α-hetero) is 1. The third-order valence-corrected chi connectivity index (χ3v) is 5.26. The molecule has 1 aliphatic carbocycles. The number of nitrogens with one attached hydrogen (secondary N) is 1. The average Bonchev–Trinajstić information content (AvgIpc) is 2.84. The average molecular weight is 296 g/mol. The summed E-state index contributed by atoms with van der Waals surface area (Å²) in [5.74, 6) is 0.338. The van der Waals surface area contributed by atoms with Crippen molar-refractivity contribution in [1.29, 1.82) is 0 Å². The van der Waals surface area contributed by atoms with Crippen molar-refractivity contribution >= 4 is 28.3 Å². The van der Waals surface area contributed by atoms with Gasteiger partial charge in [-0.05, 0) is 56.4 Å². The van der Waals surface area contributed by atoms with Crippen LogP contribution in [0, 0.1) is 0 Å². The fraction of sp³-hybridized carbons (Fsp3) is 0.444. The SMILES string of the molecule is CN1C(=O)C(C)(C)c2cc3[nH]c4c(c3cc21)CCCCC4=O. The largest absolute Gasteiger partial charge is 0.352 e. The van der Waals surface area contributed by atoms with Crippen LogP contribution in [0.1, 0.15) is 54.7 Å². The Morgan fingerprint density at radius 2 is 1.86 bits per heavy atom. The fourth-order valence-electron chi connectivity index (χ4n) is 3.92. The summed E-state index contributed by atoms with van der Waals surface area (Å²) in [6, 6.07) is 4.15. The number of carbonyl (C=O) groups excluding carboxylic acids is 2. The molecule has 0 saturated heterocycles. The highest BCUT2D eigenvalue weighted by molar-refractivity contribution is 6.11. The summed E-state index contributed by atoms with van der Waals surface area (Å²) >= 11 is 0. The van der Waals surface area contributed by atoms with Crippen molar-refractivity contribution in [2.75, 3.05) is 11.9 Å². The lowest BCUT2D eigenvalue weighted by atomic mass is 9.85. The van der Waals surface area contributed by atoms with E-state index in [0.717, 1.165) is 52.7 Å². The number of fused-ring (bicyclic) bond motifs is 4. The molecule has 0 saturated carbocycles. The maximum atomic E-state index is 12.4. The smallest absolute Gasteiger partial charge is 0.236 e. The van der Waals surface area contributed by atoms with E-state index in [4.69, 9.17) is 0 Å². The number of nitrogens with zero attached hydrogens (tertiary/aromatic N) is 1. The molecular weight excluding hydrogens is 276 g/mol. The summed E-state index contributed by atoms with van der Waals surface area (Å²) in [6.07, 6.45) is 3.56. The van der Waals surface area contributed by atoms with Crippen LogP contribution in [0.15, 0.2) is 12.1 Å². The summed E-state index contributed by atoms with van der Waals surface area (Å²) < 4.78 is 0. The quantitative estimate of drug-likeness (QED) is 0.758. The van der Waals surface area contributed by atoms with Crippen molar-refractivity contribution in [3.8, 4) is 0 Å². The second kappa shape index (κ2) is 4.22. The number of hydrogen-bond acceptors (Lipinski definition) is 2. The summed E-state index contributed by atoms with van der Waals surface area (Å²) in [6.45, 7) is 3.92. The molecule has 0 radical (unpaired) electrons. The number of rotatable bonds is 0. The number of aromatic nitrogens is 1. The van der Waals surface area contributed by atoms with E-state index in [2.05, 4.69) is 17.1 Å². The topological polar surface area (TPSA) is 53.2 Å². The number of benzene rings is 1. The number of amides is 1. The Kier molecular flexibility index (Phi) is 2.60. The minimum absolute atomic E-state index is 0.123. The number of H-pyrrole nitrogens is 1. The number of hydrogen-bond donors (Lipinski definition) is 1. The van der Waals surface area contributed by atoms with Crippen LogP contribution < -0.4 is 4.90 Å². The van der Waals surface area contributed by atoms with Gasteiger partial charge in [-0.25, -0.2) is 0 Å². The van der Waals surface area contributed by atoms with Gasteiger partial charge in [0.05, 0.1) is 11.1 Å². The van der Waals surface area contributed by atoms with Gasteiger partial charge >= 0.3 is 0 Å². The Labute approximate surface area is 129 Å². The van der Waals surface area contributed by atoms with Crippen molar-refractivity contribution < 1.29 is 9.59 Å². The molecule has 0 atom stereocenters. The number of anilines is 1. The van der Waals surface area contributed by atoms with Crippen LogP contribution in [0.4, 0.5) is 5.69 Å². The van der Waals surface area contributed by atoms with Crippen LogP contribution in [0.3, 0.4) is 0 Å². The molecule has 1 aromatic heterocycles. The van der Waals surface area contributed by atoms with Crippen molar-refractivity contribution in [2.24, 2.45) is 0 Å². The molecule has 1 aliphatic heterocycles. The molecule has 4 nitrogen and oxygen atoms in total. The molecule has 114 valence electrons. The Bertz CT molecular complexity index is 829. The van der Waals surface area contributed by atoms with Gasteiger partial charge in [-0.15, -0.1) is 0 Å². The lowest BCUT2D eigenvalue weighted by Crippen LogP contribution is -2.33. The monoisotopic (exact) mass is 296 g/mol. The number of carbonyl (C=O) groups is 2. The van der Waals surface area contributed by atoms with Gasteiger partial charge < -0.3 is 9.88 Å². The van der Waals surface area contributed by atoms with E-state index < -0.39 is 5.41 Å². The van der Waals surface area contributed by atoms with Gasteiger partial charge in [0.1, 0.15) is 0 Å². The molecule has 4 rings (SSSR count). The normalized spacial score (nSPS) is 20.2. The standard InChI is InChI=1S/C18H20N2O2/c1-18(2)12-9-13-11(8-14(12)20(3)17(18)22)10-6-4-5-7-15(21)16(10)19-13/h8-9,19H,4-7H2,1-3H3. The van der Waals surface area contributed by atoms with Gasteiger partial charge in [-0.3, -0.25) is 9.59 Å². The molecule has 0 spiro atoms. The van der Waals surface area contributed by atoms with Crippen LogP contribution >= 0.6 is 0 Å². The van der Waals surface area contributed by atoms with Gasteiger partial charge in [-0.1, -0.05) is 0 Å². The fourth-order valence-corrected chi connectivity index (χ4v) is 3.92. The molecule has 2 aliphatic rings. The highest BCUT2D eigenvalue weighted by Gasteiger charge is 2.42. The number of aromatic amines is 1. The van der Waals surface area contributed by atoms with E-state index in [1.807, 2.05) is 20.9 Å². The first-order valence-electron chi connectivity index (χ1n) is 7.91. The van der Waals surface area contributed by atoms with Gasteiger partial charge in [0.25, 0.3) is 0 Å². The molecule has 1 amide bonds. The molecule has 4 heteroatoms. The molecule has 2 aromatic rings. The summed E-state index contributed by atoms with van der Waals surface area (Å²) in [4.78, 5) is 29.8. The van der Waals surface area contributed by atoms with Crippen LogP contribution in [-0.4, -0.2) is 23.7 Å². The molecule has 1 N–H and O–H groups in total. The lowest BCUT2D eigenvalue weighted by molar-refractivity contribution is -0.121. The second-order valence-corrected chi connectivity index (χ2v) is 7.01. The number of likely N-dealkylation sites (N-methyl/N-ethyl adjacent to an activating group) is 1. The van der Waals surface area contributed by atoms with Gasteiger partial charge in [0.2, 0.25) is 5.91 Å². The Hall–Kier alpha value is -2.10. The van der Waals surface area contributed by atoms with Crippen LogP contribution in [-0.2, 0) is 16.6 Å². The van der Waals surface area contributed by atoms with E-state index in [9.17, 15) is 9.59 Å². The van der Waals surface area contributed by atoms with Gasteiger partial charge in [0.15, 0.2) is 5.78 Å². The Balaban J connectivity index is 2.01. The third kappa shape index (κ3) is 1.58. The van der Waals surface area contributed by atoms with Crippen molar-refractivity contribution in [3.63, 3.8) is 0 Å². The van der Waals surface area contributed by atoms with Crippen molar-refractivity contribution in [3.05, 3.63) is 29.0 Å². The predicted molar refractivity (Wildman–Crippen MR) is 86.6 cm³/mol. The highest BCUT2D eigenvalue weighted by Crippen LogP contribution is 2.44. The first kappa shape index (κ1) is 13.6. The summed E-state index contributed by atoms with van der Waals surface area (Å²) in [7, 11) is 1.83. The first-order chi connectivity index (χ1) is 10.4. The Morgan fingerprint density at radius 3 is 2.64 bits per heavy atom. The second-order valence-electron chi connectivity index (χ2n) is 7.01. The van der Waals surface area contributed by atoms with E-state index in [0.29, 0.717) is 6.42 Å². The lowest BCUT2D eigenvalue weighted by Gasteiger charge is -2.16. The first-order valence-corrected chi connectivity index (χ1v) is 7.91. The summed E-state index contributed by atoms with van der Waals surface area (Å²) in [5.41, 5.74) is 4.39. The zero-order valence-electron chi connectivity index (χ0n) is 13.2. The van der Waals surface area contributed by atoms with Crippen molar-refractivity contribution in [2.45, 2.75) is 44.9 Å². The highest BCUT2D eigenvalue weighted by atomic mass is 16.2. The van der Waals surface area contributed by atoms with Gasteiger partial charge in [0, 0.05) is 30.1 Å². The third-order valence-electron chi connectivity index (χ3n) is 5.26. The van der Waals surface area contributed by atoms with E-state index in [-0.39, 0.29) is 11.7 Å². The number of ketones is 1. The minimum atomic E-state index is -0.509. The maximum Gasteiger partial charge on any atom is 0.236 e.